The summed E-state index contributed by atoms with van der Waals surface area (Å²) < 4.78 is 7.50. The van der Waals surface area contributed by atoms with E-state index >= 15 is 0 Å². The van der Waals surface area contributed by atoms with Crippen LogP contribution >= 0.6 is 23.1 Å². The van der Waals surface area contributed by atoms with E-state index in [-0.39, 0.29) is 5.91 Å². The summed E-state index contributed by atoms with van der Waals surface area (Å²) in [6, 6.07) is 12.6. The molecule has 0 bridgehead atoms. The number of thioether (sulfide) groups is 1. The van der Waals surface area contributed by atoms with Crippen molar-refractivity contribution >= 4 is 29.0 Å². The van der Waals surface area contributed by atoms with Crippen LogP contribution in [0.4, 0.5) is 0 Å². The Morgan fingerprint density at radius 2 is 2.00 bits per heavy atom. The molecular formula is C24H30N4O2S2. The molecule has 0 atom stereocenters. The van der Waals surface area contributed by atoms with Gasteiger partial charge in [0.05, 0.1) is 12.9 Å². The van der Waals surface area contributed by atoms with Crippen molar-refractivity contribution in [2.75, 3.05) is 19.4 Å². The van der Waals surface area contributed by atoms with Crippen LogP contribution in [0.3, 0.4) is 0 Å². The molecule has 1 saturated carbocycles. The highest BCUT2D eigenvalue weighted by atomic mass is 32.2. The van der Waals surface area contributed by atoms with Crippen molar-refractivity contribution < 1.29 is 9.53 Å². The predicted octanol–water partition coefficient (Wildman–Crippen LogP) is 4.90. The molecule has 8 heteroatoms. The molecule has 1 amide bonds. The van der Waals surface area contributed by atoms with E-state index in [1.165, 1.54) is 41.5 Å². The second-order valence-corrected chi connectivity index (χ2v) is 10.0. The quantitative estimate of drug-likeness (QED) is 0.427. The van der Waals surface area contributed by atoms with Crippen molar-refractivity contribution in [2.45, 2.75) is 56.1 Å². The number of methoxy groups -OCH3 is 1. The molecule has 3 aromatic rings. The number of amides is 1. The maximum absolute atomic E-state index is 12.4. The first-order chi connectivity index (χ1) is 15.7. The van der Waals surface area contributed by atoms with Crippen molar-refractivity contribution in [1.82, 2.24) is 20.1 Å². The lowest BCUT2D eigenvalue weighted by molar-refractivity contribution is -0.118. The van der Waals surface area contributed by atoms with Gasteiger partial charge in [0.1, 0.15) is 11.6 Å². The number of carbonyl (C=O) groups is 1. The van der Waals surface area contributed by atoms with Crippen molar-refractivity contribution in [3.05, 3.63) is 58.0 Å². The van der Waals surface area contributed by atoms with Gasteiger partial charge in [-0.1, -0.05) is 49.2 Å². The van der Waals surface area contributed by atoms with E-state index < -0.39 is 0 Å². The topological polar surface area (TPSA) is 69.0 Å². The van der Waals surface area contributed by atoms with E-state index in [1.807, 2.05) is 24.3 Å². The van der Waals surface area contributed by atoms with Crippen LogP contribution in [-0.2, 0) is 17.6 Å². The number of nitrogens with one attached hydrogen (secondary N) is 1. The molecule has 1 aliphatic rings. The van der Waals surface area contributed by atoms with Gasteiger partial charge in [0.15, 0.2) is 5.16 Å². The van der Waals surface area contributed by atoms with Crippen LogP contribution in [0, 0.1) is 0 Å². The number of ether oxygens (including phenoxy) is 1. The molecule has 1 aliphatic carbocycles. The highest BCUT2D eigenvalue weighted by molar-refractivity contribution is 7.99. The molecule has 4 rings (SSSR count). The van der Waals surface area contributed by atoms with Gasteiger partial charge in [0.2, 0.25) is 5.91 Å². The molecule has 170 valence electrons. The van der Waals surface area contributed by atoms with Gasteiger partial charge < -0.3 is 14.6 Å². The van der Waals surface area contributed by atoms with Gasteiger partial charge in [0, 0.05) is 23.9 Å². The third-order valence-corrected chi connectivity index (χ3v) is 7.63. The summed E-state index contributed by atoms with van der Waals surface area (Å²) in [5.41, 5.74) is 1.18. The summed E-state index contributed by atoms with van der Waals surface area (Å²) in [7, 11) is 1.66. The summed E-state index contributed by atoms with van der Waals surface area (Å²) in [4.78, 5) is 13.7. The van der Waals surface area contributed by atoms with Crippen LogP contribution < -0.4 is 10.1 Å². The summed E-state index contributed by atoms with van der Waals surface area (Å²) in [6.07, 6.45) is 7.72. The smallest absolute Gasteiger partial charge is 0.230 e. The van der Waals surface area contributed by atoms with Gasteiger partial charge in [-0.3, -0.25) is 4.79 Å². The van der Waals surface area contributed by atoms with Crippen molar-refractivity contribution in [3.8, 4) is 5.75 Å². The lowest BCUT2D eigenvalue weighted by Crippen LogP contribution is -2.27. The van der Waals surface area contributed by atoms with Crippen LogP contribution in [0.5, 0.6) is 5.75 Å². The van der Waals surface area contributed by atoms with Crippen LogP contribution in [0.2, 0.25) is 0 Å². The normalized spacial score (nSPS) is 14.4. The van der Waals surface area contributed by atoms with Gasteiger partial charge >= 0.3 is 0 Å². The highest BCUT2D eigenvalue weighted by Crippen LogP contribution is 2.33. The number of thiophene rings is 1. The summed E-state index contributed by atoms with van der Waals surface area (Å²) in [5, 5.41) is 15.0. The van der Waals surface area contributed by atoms with Crippen LogP contribution in [-0.4, -0.2) is 40.1 Å². The Morgan fingerprint density at radius 3 is 2.72 bits per heavy atom. The Hall–Kier alpha value is -2.32. The molecule has 2 aromatic heterocycles. The fourth-order valence-electron chi connectivity index (χ4n) is 4.12. The average Bonchev–Trinajstić information content (AvgIpc) is 3.49. The average molecular weight is 471 g/mol. The third-order valence-electron chi connectivity index (χ3n) is 5.81. The molecule has 0 saturated heterocycles. The lowest BCUT2D eigenvalue weighted by Gasteiger charge is -2.25. The SMILES string of the molecule is COc1ccc(CCNC(=O)CSc2nnc(Cc3cccs3)n2C2CCCCC2)cc1. The first-order valence-electron chi connectivity index (χ1n) is 11.2. The zero-order valence-electron chi connectivity index (χ0n) is 18.5. The minimum atomic E-state index is 0.0292. The largest absolute Gasteiger partial charge is 0.497 e. The molecule has 0 unspecified atom stereocenters. The molecule has 1 aromatic carbocycles. The number of aromatic nitrogens is 3. The van der Waals surface area contributed by atoms with Gasteiger partial charge in [-0.15, -0.1) is 21.5 Å². The molecule has 2 heterocycles. The Bertz CT molecular complexity index is 980. The Labute approximate surface area is 197 Å². The van der Waals surface area contributed by atoms with Crippen molar-refractivity contribution in [2.24, 2.45) is 0 Å². The van der Waals surface area contributed by atoms with Gasteiger partial charge in [-0.25, -0.2) is 0 Å². The Kier molecular flexibility index (Phi) is 8.23. The van der Waals surface area contributed by atoms with Crippen LogP contribution in [0.25, 0.3) is 0 Å². The Balaban J connectivity index is 1.33. The highest BCUT2D eigenvalue weighted by Gasteiger charge is 2.23. The van der Waals surface area contributed by atoms with Crippen molar-refractivity contribution in [3.63, 3.8) is 0 Å². The van der Waals surface area contributed by atoms with E-state index in [0.29, 0.717) is 18.3 Å². The lowest BCUT2D eigenvalue weighted by atomic mass is 9.95. The van der Waals surface area contributed by atoms with E-state index in [1.54, 1.807) is 18.4 Å². The number of benzene rings is 1. The number of hydrogen-bond acceptors (Lipinski definition) is 6. The van der Waals surface area contributed by atoms with Gasteiger partial charge in [-0.2, -0.15) is 0 Å². The minimum Gasteiger partial charge on any atom is -0.497 e. The molecule has 0 radical (unpaired) electrons. The van der Waals surface area contributed by atoms with E-state index in [4.69, 9.17) is 4.74 Å². The number of carbonyl (C=O) groups excluding carboxylic acids is 1. The fraction of sp³-hybridized carbons (Fsp3) is 0.458. The first-order valence-corrected chi connectivity index (χ1v) is 13.1. The molecule has 1 fully saturated rings. The van der Waals surface area contributed by atoms with E-state index in [9.17, 15) is 4.79 Å². The van der Waals surface area contributed by atoms with Gasteiger partial charge in [-0.05, 0) is 48.4 Å². The minimum absolute atomic E-state index is 0.0292. The maximum atomic E-state index is 12.4. The van der Waals surface area contributed by atoms with E-state index in [2.05, 4.69) is 37.6 Å². The van der Waals surface area contributed by atoms with Crippen molar-refractivity contribution in [1.29, 1.82) is 0 Å². The van der Waals surface area contributed by atoms with Gasteiger partial charge in [0.25, 0.3) is 0 Å². The van der Waals surface area contributed by atoms with Crippen LogP contribution in [0.1, 0.15) is 54.4 Å². The second-order valence-electron chi connectivity index (χ2n) is 8.05. The zero-order valence-corrected chi connectivity index (χ0v) is 20.1. The molecular weight excluding hydrogens is 440 g/mol. The first kappa shape index (κ1) is 22.9. The molecule has 6 nitrogen and oxygen atoms in total. The number of nitrogens with zero attached hydrogens (tertiary/aromatic N) is 3. The molecule has 0 aliphatic heterocycles. The molecule has 1 N–H and O–H groups in total. The molecule has 32 heavy (non-hydrogen) atoms. The van der Waals surface area contributed by atoms with Crippen LogP contribution in [0.15, 0.2) is 46.9 Å². The fourth-order valence-corrected chi connectivity index (χ4v) is 5.68. The monoisotopic (exact) mass is 470 g/mol. The second kappa shape index (κ2) is 11.5. The standard InChI is InChI=1S/C24H30N4O2S2/c1-30-20-11-9-18(10-12-20)13-14-25-23(29)17-32-24-27-26-22(16-21-8-5-15-31-21)28(24)19-6-3-2-4-7-19/h5,8-12,15,19H,2-4,6-7,13-14,16-17H2,1H3,(H,25,29). The summed E-state index contributed by atoms with van der Waals surface area (Å²) >= 11 is 3.25. The van der Waals surface area contributed by atoms with E-state index in [0.717, 1.165) is 42.4 Å². The summed E-state index contributed by atoms with van der Waals surface area (Å²) in [6.45, 7) is 0.616. The zero-order chi connectivity index (χ0) is 22.2. The number of hydrogen-bond donors (Lipinski definition) is 1. The Morgan fingerprint density at radius 1 is 1.19 bits per heavy atom. The molecule has 0 spiro atoms. The third kappa shape index (κ3) is 6.13. The number of rotatable bonds is 10. The predicted molar refractivity (Wildman–Crippen MR) is 130 cm³/mol. The maximum Gasteiger partial charge on any atom is 0.230 e. The summed E-state index contributed by atoms with van der Waals surface area (Å²) in [5.74, 6) is 2.24.